The number of carbonyl (C=O) groups is 1. The summed E-state index contributed by atoms with van der Waals surface area (Å²) < 4.78 is 0. The van der Waals surface area contributed by atoms with Crippen molar-refractivity contribution in [3.8, 4) is 0 Å². The van der Waals surface area contributed by atoms with Gasteiger partial charge in [0.15, 0.2) is 0 Å². The molecule has 0 aromatic carbocycles. The second kappa shape index (κ2) is 5.88. The first-order valence-corrected chi connectivity index (χ1v) is 3.74. The third kappa shape index (κ3) is 5.55. The Morgan fingerprint density at radius 3 is 2.54 bits per heavy atom. The van der Waals surface area contributed by atoms with Crippen LogP contribution in [0.15, 0.2) is 36.3 Å². The number of aliphatic hydroxyl groups excluding tert-OH is 1. The van der Waals surface area contributed by atoms with Crippen molar-refractivity contribution in [3.63, 3.8) is 0 Å². The lowest BCUT2D eigenvalue weighted by molar-refractivity contribution is -0.135. The fraction of sp³-hybridized carbons (Fsp3) is 0.222. The normalized spacial score (nSPS) is 11.6. The van der Waals surface area contributed by atoms with E-state index < -0.39 is 5.97 Å². The lowest BCUT2D eigenvalue weighted by atomic mass is 10.2. The van der Waals surface area contributed by atoms with E-state index in [2.05, 4.69) is 11.9 Å². The predicted molar refractivity (Wildman–Crippen MR) is 50.3 cm³/mol. The van der Waals surface area contributed by atoms with Gasteiger partial charge in [-0.05, 0) is 6.92 Å². The molecule has 0 bridgehead atoms. The molecule has 0 fully saturated rings. The van der Waals surface area contributed by atoms with Crippen LogP contribution in [0.5, 0.6) is 0 Å². The van der Waals surface area contributed by atoms with Crippen molar-refractivity contribution >= 4 is 5.97 Å². The lowest BCUT2D eigenvalue weighted by Gasteiger charge is -2.00. The minimum absolute atomic E-state index is 0.101. The van der Waals surface area contributed by atoms with Crippen LogP contribution in [0.25, 0.3) is 0 Å². The lowest BCUT2D eigenvalue weighted by Crippen LogP contribution is -2.17. The Kier molecular flexibility index (Phi) is 5.11. The summed E-state index contributed by atoms with van der Waals surface area (Å²) in [6, 6.07) is 0. The number of rotatable bonds is 5. The number of hydrogen-bond acceptors (Lipinski definition) is 3. The smallest absolute Gasteiger partial charge is 0.322 e. The van der Waals surface area contributed by atoms with Gasteiger partial charge in [0.25, 0.3) is 0 Å². The van der Waals surface area contributed by atoms with Crippen molar-refractivity contribution in [2.24, 2.45) is 0 Å². The van der Waals surface area contributed by atoms with Gasteiger partial charge in [-0.25, -0.2) is 0 Å². The van der Waals surface area contributed by atoms with Gasteiger partial charge < -0.3 is 15.5 Å². The Morgan fingerprint density at radius 2 is 2.15 bits per heavy atom. The number of allylic oxidation sites excluding steroid dienone is 2. The Morgan fingerprint density at radius 1 is 1.54 bits per heavy atom. The van der Waals surface area contributed by atoms with Gasteiger partial charge in [-0.3, -0.25) is 4.79 Å². The summed E-state index contributed by atoms with van der Waals surface area (Å²) in [6.07, 6.45) is 4.74. The zero-order valence-corrected chi connectivity index (χ0v) is 7.45. The van der Waals surface area contributed by atoms with Crippen LogP contribution in [-0.4, -0.2) is 22.7 Å². The minimum atomic E-state index is -0.959. The number of aliphatic carboxylic acids is 1. The summed E-state index contributed by atoms with van der Waals surface area (Å²) in [5.74, 6) is -1.06. The monoisotopic (exact) mass is 183 g/mol. The molecule has 0 aliphatic heterocycles. The van der Waals surface area contributed by atoms with E-state index in [4.69, 9.17) is 10.2 Å². The largest absolute Gasteiger partial charge is 0.508 e. The molecule has 4 nitrogen and oxygen atoms in total. The first-order valence-electron chi connectivity index (χ1n) is 3.74. The quantitative estimate of drug-likeness (QED) is 0.442. The highest BCUT2D eigenvalue weighted by Gasteiger charge is 1.96. The predicted octanol–water partition coefficient (Wildman–Crippen LogP) is 1.19. The Labute approximate surface area is 76.9 Å². The van der Waals surface area contributed by atoms with Gasteiger partial charge in [0, 0.05) is 11.8 Å². The molecular formula is C9H13NO3. The van der Waals surface area contributed by atoms with E-state index in [-0.39, 0.29) is 12.3 Å². The van der Waals surface area contributed by atoms with Gasteiger partial charge in [0.2, 0.25) is 0 Å². The summed E-state index contributed by atoms with van der Waals surface area (Å²) in [5.41, 5.74) is 0.462. The summed E-state index contributed by atoms with van der Waals surface area (Å²) in [6.45, 7) is 4.92. The standard InChI is InChI=1S/C9H13NO3/c1-3-4-8(7(2)11)5-10-6-9(12)13/h3-5,10-11H,2,6H2,1H3,(H,12,13)/b4-3-,8-5+. The maximum absolute atomic E-state index is 10.1. The molecule has 0 amide bonds. The molecule has 0 aromatic rings. The molecule has 0 atom stereocenters. The first-order chi connectivity index (χ1) is 6.07. The Hall–Kier alpha value is -1.71. The molecule has 0 saturated carbocycles. The molecular weight excluding hydrogens is 170 g/mol. The van der Waals surface area contributed by atoms with Crippen molar-refractivity contribution in [1.29, 1.82) is 0 Å². The number of carboxylic acids is 1. The van der Waals surface area contributed by atoms with E-state index >= 15 is 0 Å². The SMILES string of the molecule is C=C(O)C(/C=C\C)=C/NCC(=O)O. The van der Waals surface area contributed by atoms with E-state index in [9.17, 15) is 4.79 Å². The van der Waals surface area contributed by atoms with Gasteiger partial charge in [0.05, 0.1) is 0 Å². The van der Waals surface area contributed by atoms with E-state index in [0.717, 1.165) is 0 Å². The molecule has 4 heteroatoms. The van der Waals surface area contributed by atoms with Gasteiger partial charge in [-0.15, -0.1) is 0 Å². The van der Waals surface area contributed by atoms with E-state index in [0.29, 0.717) is 5.57 Å². The highest BCUT2D eigenvalue weighted by atomic mass is 16.4. The summed E-state index contributed by atoms with van der Waals surface area (Å²) >= 11 is 0. The van der Waals surface area contributed by atoms with Crippen LogP contribution in [0.1, 0.15) is 6.92 Å². The molecule has 0 saturated heterocycles. The van der Waals surface area contributed by atoms with Crippen molar-refractivity contribution in [3.05, 3.63) is 36.3 Å². The fourth-order valence-corrected chi connectivity index (χ4v) is 0.655. The highest BCUT2D eigenvalue weighted by Crippen LogP contribution is 2.03. The second-order valence-electron chi connectivity index (χ2n) is 2.32. The van der Waals surface area contributed by atoms with E-state index in [1.165, 1.54) is 6.20 Å². The molecule has 0 unspecified atom stereocenters. The molecule has 13 heavy (non-hydrogen) atoms. The third-order valence-electron chi connectivity index (χ3n) is 1.19. The second-order valence-corrected chi connectivity index (χ2v) is 2.32. The van der Waals surface area contributed by atoms with Crippen LogP contribution >= 0.6 is 0 Å². The average Bonchev–Trinajstić information content (AvgIpc) is 2.02. The van der Waals surface area contributed by atoms with Crippen molar-refractivity contribution in [1.82, 2.24) is 5.32 Å². The topological polar surface area (TPSA) is 69.6 Å². The minimum Gasteiger partial charge on any atom is -0.508 e. The molecule has 0 radical (unpaired) electrons. The van der Waals surface area contributed by atoms with Crippen molar-refractivity contribution < 1.29 is 15.0 Å². The highest BCUT2D eigenvalue weighted by molar-refractivity contribution is 5.69. The van der Waals surface area contributed by atoms with Gasteiger partial charge in [0.1, 0.15) is 12.3 Å². The van der Waals surface area contributed by atoms with Crippen LogP contribution < -0.4 is 5.32 Å². The number of carboxylic acid groups (broad SMARTS) is 1. The zero-order valence-electron chi connectivity index (χ0n) is 7.45. The number of hydrogen-bond donors (Lipinski definition) is 3. The van der Waals surface area contributed by atoms with Gasteiger partial charge in [-0.2, -0.15) is 0 Å². The summed E-state index contributed by atoms with van der Waals surface area (Å²) in [4.78, 5) is 10.1. The van der Waals surface area contributed by atoms with Gasteiger partial charge in [-0.1, -0.05) is 18.7 Å². The molecule has 0 aliphatic rings. The molecule has 0 heterocycles. The van der Waals surface area contributed by atoms with Crippen LogP contribution in [0, 0.1) is 0 Å². The first kappa shape index (κ1) is 11.3. The Balaban J connectivity index is 4.20. The van der Waals surface area contributed by atoms with Crippen molar-refractivity contribution in [2.45, 2.75) is 6.92 Å². The molecule has 0 aliphatic carbocycles. The maximum Gasteiger partial charge on any atom is 0.322 e. The molecule has 3 N–H and O–H groups in total. The van der Waals surface area contributed by atoms with Crippen LogP contribution in [0.3, 0.4) is 0 Å². The zero-order chi connectivity index (χ0) is 10.3. The van der Waals surface area contributed by atoms with Gasteiger partial charge >= 0.3 is 5.97 Å². The van der Waals surface area contributed by atoms with E-state index in [1.54, 1.807) is 19.1 Å². The third-order valence-corrected chi connectivity index (χ3v) is 1.19. The van der Waals surface area contributed by atoms with Crippen LogP contribution in [0.2, 0.25) is 0 Å². The van der Waals surface area contributed by atoms with Crippen LogP contribution in [0.4, 0.5) is 0 Å². The molecule has 72 valence electrons. The summed E-state index contributed by atoms with van der Waals surface area (Å²) in [5, 5.41) is 19.8. The molecule has 0 rings (SSSR count). The van der Waals surface area contributed by atoms with Crippen LogP contribution in [-0.2, 0) is 4.79 Å². The number of aliphatic hydroxyl groups is 1. The molecule has 0 spiro atoms. The summed E-state index contributed by atoms with van der Waals surface area (Å²) in [7, 11) is 0. The van der Waals surface area contributed by atoms with Crippen molar-refractivity contribution in [2.75, 3.05) is 6.54 Å². The maximum atomic E-state index is 10.1. The number of nitrogens with one attached hydrogen (secondary N) is 1. The fourth-order valence-electron chi connectivity index (χ4n) is 0.655. The molecule has 0 aromatic heterocycles. The Bertz CT molecular complexity index is 254. The average molecular weight is 183 g/mol. The van der Waals surface area contributed by atoms with E-state index in [1.807, 2.05) is 0 Å².